The number of anilines is 1. The quantitative estimate of drug-likeness (QED) is 0.887. The molecule has 4 heteroatoms. The van der Waals surface area contributed by atoms with Crippen LogP contribution in [0.4, 0.5) is 5.69 Å². The van der Waals surface area contributed by atoms with Crippen molar-refractivity contribution in [3.63, 3.8) is 0 Å². The van der Waals surface area contributed by atoms with Crippen molar-refractivity contribution in [2.24, 2.45) is 5.41 Å². The van der Waals surface area contributed by atoms with Crippen LogP contribution < -0.4 is 10.6 Å². The molecule has 1 aromatic carbocycles. The first-order valence-corrected chi connectivity index (χ1v) is 6.96. The number of hydrogen-bond acceptors (Lipinski definition) is 2. The van der Waals surface area contributed by atoms with E-state index in [1.165, 1.54) is 0 Å². The number of nitrogens with one attached hydrogen (secondary N) is 2. The molecule has 0 radical (unpaired) electrons. The molecule has 1 aromatic rings. The molecular weight excluding hydrogens is 252 g/mol. The number of rotatable bonds is 4. The zero-order chi connectivity index (χ0) is 15.3. The molecule has 1 atom stereocenters. The second kappa shape index (κ2) is 6.55. The number of hydrogen-bond donors (Lipinski definition) is 2. The molecule has 0 spiro atoms. The molecule has 1 unspecified atom stereocenters. The Labute approximate surface area is 121 Å². The Balaban J connectivity index is 2.81. The molecule has 0 aliphatic rings. The van der Waals surface area contributed by atoms with E-state index in [-0.39, 0.29) is 17.9 Å². The highest BCUT2D eigenvalue weighted by Crippen LogP contribution is 2.18. The van der Waals surface area contributed by atoms with Crippen molar-refractivity contribution in [1.29, 1.82) is 0 Å². The topological polar surface area (TPSA) is 58.2 Å². The monoisotopic (exact) mass is 276 g/mol. The normalized spacial score (nSPS) is 12.7. The van der Waals surface area contributed by atoms with Gasteiger partial charge in [0.1, 0.15) is 0 Å². The van der Waals surface area contributed by atoms with E-state index in [4.69, 9.17) is 0 Å². The molecule has 4 nitrogen and oxygen atoms in total. The molecule has 0 fully saturated rings. The van der Waals surface area contributed by atoms with Gasteiger partial charge in [-0.3, -0.25) is 9.59 Å². The predicted molar refractivity (Wildman–Crippen MR) is 81.7 cm³/mol. The van der Waals surface area contributed by atoms with Crippen LogP contribution in [-0.2, 0) is 4.79 Å². The minimum Gasteiger partial charge on any atom is -0.350 e. The van der Waals surface area contributed by atoms with Gasteiger partial charge < -0.3 is 10.6 Å². The predicted octanol–water partition coefficient (Wildman–Crippen LogP) is 3.20. The average Bonchev–Trinajstić information content (AvgIpc) is 2.37. The summed E-state index contributed by atoms with van der Waals surface area (Å²) in [5.74, 6) is -0.191. The first-order chi connectivity index (χ1) is 9.24. The van der Waals surface area contributed by atoms with Crippen molar-refractivity contribution in [2.75, 3.05) is 5.32 Å². The molecular formula is C16H24N2O2. The molecule has 0 aliphatic heterocycles. The lowest BCUT2D eigenvalue weighted by Gasteiger charge is -2.18. The lowest BCUT2D eigenvalue weighted by Crippen LogP contribution is -2.32. The highest BCUT2D eigenvalue weighted by Gasteiger charge is 2.21. The standard InChI is InChI=1S/C16H24N2O2/c1-6-11(2)17-14(19)12-8-7-9-13(10-12)18-15(20)16(3,4)5/h7-11H,6H2,1-5H3,(H,17,19)(H,18,20). The van der Waals surface area contributed by atoms with Crippen molar-refractivity contribution in [3.8, 4) is 0 Å². The fourth-order valence-corrected chi connectivity index (χ4v) is 1.47. The van der Waals surface area contributed by atoms with Crippen molar-refractivity contribution < 1.29 is 9.59 Å². The van der Waals surface area contributed by atoms with Gasteiger partial charge >= 0.3 is 0 Å². The van der Waals surface area contributed by atoms with Crippen LogP contribution in [0.3, 0.4) is 0 Å². The second-order valence-corrected chi connectivity index (χ2v) is 6.07. The SMILES string of the molecule is CCC(C)NC(=O)c1cccc(NC(=O)C(C)(C)C)c1. The van der Waals surface area contributed by atoms with Gasteiger partial charge in [-0.05, 0) is 31.5 Å². The fraction of sp³-hybridized carbons (Fsp3) is 0.500. The van der Waals surface area contributed by atoms with Crippen LogP contribution in [0.5, 0.6) is 0 Å². The van der Waals surface area contributed by atoms with E-state index in [1.54, 1.807) is 24.3 Å². The fourth-order valence-electron chi connectivity index (χ4n) is 1.47. The van der Waals surface area contributed by atoms with E-state index in [0.717, 1.165) is 6.42 Å². The van der Waals surface area contributed by atoms with E-state index >= 15 is 0 Å². The van der Waals surface area contributed by atoms with Gasteiger partial charge in [0, 0.05) is 22.7 Å². The summed E-state index contributed by atoms with van der Waals surface area (Å²) in [6.07, 6.45) is 0.881. The third kappa shape index (κ3) is 4.68. The van der Waals surface area contributed by atoms with Crippen LogP contribution in [0.1, 0.15) is 51.4 Å². The Morgan fingerprint density at radius 2 is 1.90 bits per heavy atom. The Kier molecular flexibility index (Phi) is 5.31. The number of benzene rings is 1. The van der Waals surface area contributed by atoms with E-state index in [1.807, 2.05) is 34.6 Å². The molecule has 0 bridgehead atoms. The van der Waals surface area contributed by atoms with Gasteiger partial charge in [0.05, 0.1) is 0 Å². The largest absolute Gasteiger partial charge is 0.350 e. The molecule has 2 amide bonds. The molecule has 0 saturated heterocycles. The zero-order valence-electron chi connectivity index (χ0n) is 12.9. The highest BCUT2D eigenvalue weighted by atomic mass is 16.2. The third-order valence-electron chi connectivity index (χ3n) is 3.05. The van der Waals surface area contributed by atoms with E-state index in [0.29, 0.717) is 11.3 Å². The van der Waals surface area contributed by atoms with Crippen LogP contribution in [0.15, 0.2) is 24.3 Å². The van der Waals surface area contributed by atoms with Gasteiger partial charge in [0.15, 0.2) is 0 Å². The van der Waals surface area contributed by atoms with Crippen LogP contribution >= 0.6 is 0 Å². The second-order valence-electron chi connectivity index (χ2n) is 6.07. The van der Waals surface area contributed by atoms with Gasteiger partial charge in [-0.15, -0.1) is 0 Å². The van der Waals surface area contributed by atoms with Gasteiger partial charge in [-0.1, -0.05) is 33.8 Å². The van der Waals surface area contributed by atoms with Crippen molar-refractivity contribution >= 4 is 17.5 Å². The third-order valence-corrected chi connectivity index (χ3v) is 3.05. The summed E-state index contributed by atoms with van der Waals surface area (Å²) in [5, 5.41) is 5.73. The lowest BCUT2D eigenvalue weighted by molar-refractivity contribution is -0.123. The van der Waals surface area contributed by atoms with E-state index in [9.17, 15) is 9.59 Å². The van der Waals surface area contributed by atoms with Crippen LogP contribution in [0, 0.1) is 5.41 Å². The summed E-state index contributed by atoms with van der Waals surface area (Å²) in [7, 11) is 0. The molecule has 1 rings (SSSR count). The summed E-state index contributed by atoms with van der Waals surface area (Å²) >= 11 is 0. The Hall–Kier alpha value is -1.84. The average molecular weight is 276 g/mol. The van der Waals surface area contributed by atoms with E-state index in [2.05, 4.69) is 10.6 Å². The van der Waals surface area contributed by atoms with Crippen molar-refractivity contribution in [3.05, 3.63) is 29.8 Å². The van der Waals surface area contributed by atoms with E-state index < -0.39 is 5.41 Å². The Morgan fingerprint density at radius 3 is 2.45 bits per heavy atom. The molecule has 0 aromatic heterocycles. The minimum absolute atomic E-state index is 0.0722. The summed E-state index contributed by atoms with van der Waals surface area (Å²) in [5.41, 5.74) is 0.730. The summed E-state index contributed by atoms with van der Waals surface area (Å²) in [6.45, 7) is 9.53. The number of amides is 2. The van der Waals surface area contributed by atoms with Crippen molar-refractivity contribution in [2.45, 2.75) is 47.1 Å². The maximum absolute atomic E-state index is 12.0. The summed E-state index contributed by atoms with van der Waals surface area (Å²) in [6, 6.07) is 7.12. The smallest absolute Gasteiger partial charge is 0.251 e. The zero-order valence-corrected chi connectivity index (χ0v) is 12.9. The Morgan fingerprint density at radius 1 is 1.25 bits per heavy atom. The van der Waals surface area contributed by atoms with Crippen LogP contribution in [0.2, 0.25) is 0 Å². The van der Waals surface area contributed by atoms with Crippen LogP contribution in [-0.4, -0.2) is 17.9 Å². The van der Waals surface area contributed by atoms with Crippen LogP contribution in [0.25, 0.3) is 0 Å². The summed E-state index contributed by atoms with van der Waals surface area (Å²) in [4.78, 5) is 24.0. The molecule has 0 aliphatic carbocycles. The molecule has 20 heavy (non-hydrogen) atoms. The van der Waals surface area contributed by atoms with Gasteiger partial charge in [0.25, 0.3) is 5.91 Å². The molecule has 0 heterocycles. The number of carbonyl (C=O) groups excluding carboxylic acids is 2. The number of carbonyl (C=O) groups is 2. The molecule has 110 valence electrons. The molecule has 2 N–H and O–H groups in total. The lowest BCUT2D eigenvalue weighted by atomic mass is 9.95. The first kappa shape index (κ1) is 16.2. The van der Waals surface area contributed by atoms with Gasteiger partial charge in [-0.25, -0.2) is 0 Å². The first-order valence-electron chi connectivity index (χ1n) is 6.96. The highest BCUT2D eigenvalue weighted by molar-refractivity contribution is 5.98. The van der Waals surface area contributed by atoms with Gasteiger partial charge in [0.2, 0.25) is 5.91 Å². The molecule has 0 saturated carbocycles. The minimum atomic E-state index is -0.463. The summed E-state index contributed by atoms with van der Waals surface area (Å²) < 4.78 is 0. The van der Waals surface area contributed by atoms with Gasteiger partial charge in [-0.2, -0.15) is 0 Å². The maximum atomic E-state index is 12.0. The maximum Gasteiger partial charge on any atom is 0.251 e. The Bertz CT molecular complexity index is 489. The van der Waals surface area contributed by atoms with Crippen molar-refractivity contribution in [1.82, 2.24) is 5.32 Å².